The van der Waals surface area contributed by atoms with Crippen molar-refractivity contribution < 1.29 is 9.90 Å². The first-order valence-corrected chi connectivity index (χ1v) is 8.46. The van der Waals surface area contributed by atoms with E-state index in [2.05, 4.69) is 4.90 Å². The van der Waals surface area contributed by atoms with E-state index in [0.29, 0.717) is 6.54 Å². The number of amides is 1. The number of carbonyl (C=O) groups is 1. The minimum absolute atomic E-state index is 0.0593. The molecule has 2 fully saturated rings. The van der Waals surface area contributed by atoms with Gasteiger partial charge in [0.2, 0.25) is 5.91 Å². The van der Waals surface area contributed by atoms with Gasteiger partial charge in [0.1, 0.15) is 0 Å². The van der Waals surface area contributed by atoms with Crippen molar-refractivity contribution in [3.8, 4) is 0 Å². The van der Waals surface area contributed by atoms with Gasteiger partial charge < -0.3 is 10.0 Å². The van der Waals surface area contributed by atoms with Crippen LogP contribution in [0.1, 0.15) is 32.6 Å². The summed E-state index contributed by atoms with van der Waals surface area (Å²) in [5, 5.41) is 10.4. The summed E-state index contributed by atoms with van der Waals surface area (Å²) in [6.07, 6.45) is 3.83. The first kappa shape index (κ1) is 15.1. The lowest BCUT2D eigenvalue weighted by molar-refractivity contribution is -0.138. The zero-order valence-electron chi connectivity index (χ0n) is 12.1. The molecule has 2 aliphatic rings. The summed E-state index contributed by atoms with van der Waals surface area (Å²) in [4.78, 5) is 16.4. The summed E-state index contributed by atoms with van der Waals surface area (Å²) < 4.78 is 0. The summed E-state index contributed by atoms with van der Waals surface area (Å²) >= 11 is 1.96. The van der Waals surface area contributed by atoms with Gasteiger partial charge in [0.05, 0.1) is 11.6 Å². The maximum absolute atomic E-state index is 12.4. The van der Waals surface area contributed by atoms with Crippen LogP contribution in [0.25, 0.3) is 0 Å². The van der Waals surface area contributed by atoms with Crippen LogP contribution in [0.2, 0.25) is 0 Å². The van der Waals surface area contributed by atoms with Crippen molar-refractivity contribution in [2.75, 3.05) is 38.2 Å². The minimum Gasteiger partial charge on any atom is -0.388 e. The molecule has 1 amide bonds. The normalized spacial score (nSPS) is 25.2. The Morgan fingerprint density at radius 2 is 1.95 bits per heavy atom. The van der Waals surface area contributed by atoms with Crippen LogP contribution in [-0.2, 0) is 4.79 Å². The lowest BCUT2D eigenvalue weighted by atomic mass is 10.0. The Labute approximate surface area is 120 Å². The Morgan fingerprint density at radius 1 is 1.37 bits per heavy atom. The average Bonchev–Trinajstić information content (AvgIpc) is 2.84. The maximum Gasteiger partial charge on any atom is 0.239 e. The second-order valence-corrected chi connectivity index (χ2v) is 7.17. The van der Waals surface area contributed by atoms with Crippen molar-refractivity contribution >= 4 is 17.7 Å². The Kier molecular flexibility index (Phi) is 5.15. The lowest BCUT2D eigenvalue weighted by Crippen LogP contribution is -2.51. The van der Waals surface area contributed by atoms with E-state index >= 15 is 0 Å². The first-order valence-electron chi connectivity index (χ1n) is 7.31. The van der Waals surface area contributed by atoms with Gasteiger partial charge in [0.25, 0.3) is 0 Å². The summed E-state index contributed by atoms with van der Waals surface area (Å²) in [6, 6.07) is -0.0593. The highest BCUT2D eigenvalue weighted by Crippen LogP contribution is 2.30. The SMILES string of the molecule is CC(C(=O)N(C)CC1(O)CCCC1)N1CCSCC1. The Bertz CT molecular complexity index is 313. The quantitative estimate of drug-likeness (QED) is 0.843. The number of rotatable bonds is 4. The highest BCUT2D eigenvalue weighted by Gasteiger charge is 2.35. The molecule has 1 heterocycles. The summed E-state index contributed by atoms with van der Waals surface area (Å²) in [6.45, 7) is 4.47. The fraction of sp³-hybridized carbons (Fsp3) is 0.929. The lowest BCUT2D eigenvalue weighted by Gasteiger charge is -2.35. The van der Waals surface area contributed by atoms with Crippen LogP contribution in [0, 0.1) is 0 Å². The van der Waals surface area contributed by atoms with E-state index in [1.165, 1.54) is 0 Å². The third-order valence-corrected chi connectivity index (χ3v) is 5.34. The third-order valence-electron chi connectivity index (χ3n) is 4.39. The van der Waals surface area contributed by atoms with Gasteiger partial charge in [0, 0.05) is 38.2 Å². The molecule has 5 heteroatoms. The molecule has 1 aliphatic carbocycles. The number of aliphatic hydroxyl groups is 1. The van der Waals surface area contributed by atoms with E-state index in [9.17, 15) is 9.90 Å². The zero-order chi connectivity index (χ0) is 13.9. The average molecular weight is 286 g/mol. The Hall–Kier alpha value is -0.260. The molecular formula is C14H26N2O2S. The number of carbonyl (C=O) groups excluding carboxylic acids is 1. The van der Waals surface area contributed by atoms with Crippen molar-refractivity contribution in [1.29, 1.82) is 0 Å². The molecule has 1 atom stereocenters. The molecule has 0 spiro atoms. The molecule has 1 saturated heterocycles. The molecule has 1 saturated carbocycles. The summed E-state index contributed by atoms with van der Waals surface area (Å²) in [5.74, 6) is 2.38. The van der Waals surface area contributed by atoms with Gasteiger partial charge in [-0.05, 0) is 19.8 Å². The third kappa shape index (κ3) is 3.86. The summed E-state index contributed by atoms with van der Waals surface area (Å²) in [7, 11) is 1.83. The van der Waals surface area contributed by atoms with Crippen LogP contribution in [0.5, 0.6) is 0 Å². The molecular weight excluding hydrogens is 260 g/mol. The number of hydrogen-bond donors (Lipinski definition) is 1. The highest BCUT2D eigenvalue weighted by molar-refractivity contribution is 7.99. The second-order valence-electron chi connectivity index (χ2n) is 5.95. The smallest absolute Gasteiger partial charge is 0.239 e. The van der Waals surface area contributed by atoms with Gasteiger partial charge in [0.15, 0.2) is 0 Å². The monoisotopic (exact) mass is 286 g/mol. The van der Waals surface area contributed by atoms with Gasteiger partial charge in [-0.15, -0.1) is 0 Å². The van der Waals surface area contributed by atoms with Crippen LogP contribution < -0.4 is 0 Å². The number of thioether (sulfide) groups is 1. The number of hydrogen-bond acceptors (Lipinski definition) is 4. The molecule has 1 N–H and O–H groups in total. The van der Waals surface area contributed by atoms with Crippen LogP contribution in [0.4, 0.5) is 0 Å². The topological polar surface area (TPSA) is 43.8 Å². The van der Waals surface area contributed by atoms with E-state index < -0.39 is 5.60 Å². The minimum atomic E-state index is -0.637. The molecule has 0 aromatic heterocycles. The van der Waals surface area contributed by atoms with E-state index in [4.69, 9.17) is 0 Å². The zero-order valence-corrected chi connectivity index (χ0v) is 12.9. The number of nitrogens with zero attached hydrogens (tertiary/aromatic N) is 2. The van der Waals surface area contributed by atoms with Crippen LogP contribution in [-0.4, -0.2) is 70.6 Å². The van der Waals surface area contributed by atoms with E-state index in [-0.39, 0.29) is 11.9 Å². The molecule has 0 bridgehead atoms. The molecule has 1 aliphatic heterocycles. The van der Waals surface area contributed by atoms with Crippen molar-refractivity contribution in [2.24, 2.45) is 0 Å². The van der Waals surface area contributed by atoms with Gasteiger partial charge in [-0.2, -0.15) is 11.8 Å². The van der Waals surface area contributed by atoms with E-state index in [1.54, 1.807) is 4.90 Å². The fourth-order valence-corrected chi connectivity index (χ4v) is 4.08. The van der Waals surface area contributed by atoms with Crippen LogP contribution in [0.3, 0.4) is 0 Å². The highest BCUT2D eigenvalue weighted by atomic mass is 32.2. The van der Waals surface area contributed by atoms with Gasteiger partial charge in [-0.1, -0.05) is 12.8 Å². The van der Waals surface area contributed by atoms with Crippen molar-refractivity contribution in [3.63, 3.8) is 0 Å². The van der Waals surface area contributed by atoms with Gasteiger partial charge in [-0.25, -0.2) is 0 Å². The van der Waals surface area contributed by atoms with Gasteiger partial charge in [-0.3, -0.25) is 9.69 Å². The van der Waals surface area contributed by atoms with E-state index in [1.807, 2.05) is 25.7 Å². The molecule has 0 radical (unpaired) electrons. The van der Waals surface area contributed by atoms with Crippen molar-refractivity contribution in [2.45, 2.75) is 44.2 Å². The van der Waals surface area contributed by atoms with Crippen molar-refractivity contribution in [1.82, 2.24) is 9.80 Å². The molecule has 0 aromatic rings. The molecule has 0 aromatic carbocycles. The number of likely N-dealkylation sites (N-methyl/N-ethyl adjacent to an activating group) is 1. The largest absolute Gasteiger partial charge is 0.388 e. The van der Waals surface area contributed by atoms with Crippen LogP contribution in [0.15, 0.2) is 0 Å². The maximum atomic E-state index is 12.4. The molecule has 1 unspecified atom stereocenters. The first-order chi connectivity index (χ1) is 9.02. The molecule has 110 valence electrons. The molecule has 4 nitrogen and oxygen atoms in total. The predicted molar refractivity (Wildman–Crippen MR) is 79.4 cm³/mol. The summed E-state index contributed by atoms with van der Waals surface area (Å²) in [5.41, 5.74) is -0.637. The van der Waals surface area contributed by atoms with Gasteiger partial charge >= 0.3 is 0 Å². The predicted octanol–water partition coefficient (Wildman–Crippen LogP) is 1.19. The Morgan fingerprint density at radius 3 is 2.53 bits per heavy atom. The van der Waals surface area contributed by atoms with E-state index in [0.717, 1.165) is 50.3 Å². The second kappa shape index (κ2) is 6.46. The van der Waals surface area contributed by atoms with Crippen molar-refractivity contribution in [3.05, 3.63) is 0 Å². The standard InChI is InChI=1S/C14H26N2O2S/c1-12(16-7-9-19-10-8-16)13(17)15(2)11-14(18)5-3-4-6-14/h12,18H,3-11H2,1-2H3. The molecule has 19 heavy (non-hydrogen) atoms. The fourth-order valence-electron chi connectivity index (χ4n) is 3.15. The van der Waals surface area contributed by atoms with Crippen LogP contribution >= 0.6 is 11.8 Å². The Balaban J connectivity index is 1.86. The molecule has 2 rings (SSSR count).